The van der Waals surface area contributed by atoms with Gasteiger partial charge in [-0.2, -0.15) is 0 Å². The first kappa shape index (κ1) is 16.6. The number of carbonyl (C=O) groups excluding carboxylic acids is 1. The van der Waals surface area contributed by atoms with Crippen LogP contribution in [0.15, 0.2) is 29.1 Å². The average Bonchev–Trinajstić information content (AvgIpc) is 3.09. The van der Waals surface area contributed by atoms with E-state index < -0.39 is 0 Å². The number of fused-ring (bicyclic) bond motifs is 1. The van der Waals surface area contributed by atoms with Crippen LogP contribution in [0, 0.1) is 6.92 Å². The number of hydrogen-bond acceptors (Lipinski definition) is 4. The molecule has 1 aromatic carbocycles. The monoisotopic (exact) mass is 329 g/mol. The number of aryl methyl sites for hydroxylation is 1. The van der Waals surface area contributed by atoms with Gasteiger partial charge in [-0.3, -0.25) is 14.2 Å². The number of aromatic nitrogens is 2. The molecule has 1 N–H and O–H groups in total. The van der Waals surface area contributed by atoms with Crippen LogP contribution in [0.4, 0.5) is 0 Å². The Kier molecular flexibility index (Phi) is 4.94. The van der Waals surface area contributed by atoms with Gasteiger partial charge >= 0.3 is 0 Å². The van der Waals surface area contributed by atoms with Crippen molar-refractivity contribution in [2.24, 2.45) is 0 Å². The first-order valence-corrected chi connectivity index (χ1v) is 8.43. The topological polar surface area (TPSA) is 73.2 Å². The lowest BCUT2D eigenvalue weighted by molar-refractivity contribution is -0.122. The van der Waals surface area contributed by atoms with Gasteiger partial charge < -0.3 is 10.1 Å². The number of para-hydroxylation sites is 1. The maximum Gasteiger partial charge on any atom is 0.261 e. The minimum absolute atomic E-state index is 0.00690. The summed E-state index contributed by atoms with van der Waals surface area (Å²) in [6.45, 7) is 4.85. The quantitative estimate of drug-likeness (QED) is 0.907. The highest BCUT2D eigenvalue weighted by Gasteiger charge is 2.23. The van der Waals surface area contributed by atoms with Crippen LogP contribution in [-0.4, -0.2) is 34.2 Å². The van der Waals surface area contributed by atoms with E-state index in [1.54, 1.807) is 17.6 Å². The van der Waals surface area contributed by atoms with Gasteiger partial charge in [0.05, 0.1) is 23.0 Å². The minimum atomic E-state index is -0.0990. The molecule has 1 saturated heterocycles. The molecule has 6 nitrogen and oxygen atoms in total. The summed E-state index contributed by atoms with van der Waals surface area (Å²) in [6.07, 6.45) is 2.37. The van der Waals surface area contributed by atoms with E-state index in [1.165, 1.54) is 0 Å². The van der Waals surface area contributed by atoms with Crippen LogP contribution in [0.1, 0.15) is 32.0 Å². The van der Waals surface area contributed by atoms with Crippen molar-refractivity contribution in [1.29, 1.82) is 0 Å². The fraction of sp³-hybridized carbons (Fsp3) is 0.500. The second kappa shape index (κ2) is 7.13. The molecule has 0 unspecified atom stereocenters. The molecule has 1 aliphatic heterocycles. The van der Waals surface area contributed by atoms with Gasteiger partial charge in [0.15, 0.2) is 0 Å². The van der Waals surface area contributed by atoms with Crippen molar-refractivity contribution in [3.63, 3.8) is 0 Å². The van der Waals surface area contributed by atoms with Gasteiger partial charge in [0.25, 0.3) is 5.56 Å². The molecule has 2 heterocycles. The first-order valence-electron chi connectivity index (χ1n) is 8.43. The third-order valence-electron chi connectivity index (χ3n) is 4.53. The Morgan fingerprint density at radius 2 is 2.25 bits per heavy atom. The number of benzene rings is 1. The smallest absolute Gasteiger partial charge is 0.261 e. The molecule has 0 radical (unpaired) electrons. The van der Waals surface area contributed by atoms with Crippen LogP contribution >= 0.6 is 0 Å². The molecule has 1 fully saturated rings. The van der Waals surface area contributed by atoms with Crippen molar-refractivity contribution >= 4 is 16.8 Å². The van der Waals surface area contributed by atoms with Crippen LogP contribution in [0.2, 0.25) is 0 Å². The SMILES string of the molecule is Cc1nc2ccccc2c(=O)n1CCC(=O)N[C@H](C)[C@H]1CCCO1. The predicted molar refractivity (Wildman–Crippen MR) is 91.9 cm³/mol. The normalized spacial score (nSPS) is 18.7. The fourth-order valence-corrected chi connectivity index (χ4v) is 3.17. The Labute approximate surface area is 140 Å². The first-order chi connectivity index (χ1) is 11.6. The Morgan fingerprint density at radius 3 is 3.00 bits per heavy atom. The molecule has 0 aliphatic carbocycles. The number of ether oxygens (including phenoxy) is 1. The highest BCUT2D eigenvalue weighted by molar-refractivity contribution is 5.78. The van der Waals surface area contributed by atoms with Crippen molar-refractivity contribution < 1.29 is 9.53 Å². The van der Waals surface area contributed by atoms with Crippen molar-refractivity contribution in [1.82, 2.24) is 14.9 Å². The maximum absolute atomic E-state index is 12.6. The molecular formula is C18H23N3O3. The zero-order valence-corrected chi connectivity index (χ0v) is 14.1. The second-order valence-corrected chi connectivity index (χ2v) is 6.29. The Morgan fingerprint density at radius 1 is 1.46 bits per heavy atom. The highest BCUT2D eigenvalue weighted by Crippen LogP contribution is 2.15. The van der Waals surface area contributed by atoms with Gasteiger partial charge in [-0.15, -0.1) is 0 Å². The molecular weight excluding hydrogens is 306 g/mol. The number of hydrogen-bond donors (Lipinski definition) is 1. The number of nitrogens with one attached hydrogen (secondary N) is 1. The molecule has 0 bridgehead atoms. The number of nitrogens with zero attached hydrogens (tertiary/aromatic N) is 2. The van der Waals surface area contributed by atoms with E-state index in [0.29, 0.717) is 23.3 Å². The van der Waals surface area contributed by atoms with Gasteiger partial charge in [-0.25, -0.2) is 4.98 Å². The second-order valence-electron chi connectivity index (χ2n) is 6.29. The molecule has 24 heavy (non-hydrogen) atoms. The van der Waals surface area contributed by atoms with Crippen LogP contribution in [0.3, 0.4) is 0 Å². The van der Waals surface area contributed by atoms with E-state index in [2.05, 4.69) is 10.3 Å². The van der Waals surface area contributed by atoms with E-state index in [1.807, 2.05) is 25.1 Å². The van der Waals surface area contributed by atoms with Gasteiger partial charge in [-0.1, -0.05) is 12.1 Å². The number of rotatable bonds is 5. The Bertz CT molecular complexity index is 794. The van der Waals surface area contributed by atoms with Crippen LogP contribution in [0.5, 0.6) is 0 Å². The standard InChI is InChI=1S/C18H23N3O3/c1-12(16-8-5-11-24-16)19-17(22)9-10-21-13(2)20-15-7-4-3-6-14(15)18(21)23/h3-4,6-7,12,16H,5,8-11H2,1-2H3,(H,19,22)/t12-,16-/m1/s1. The van der Waals surface area contributed by atoms with Gasteiger partial charge in [0, 0.05) is 19.6 Å². The summed E-state index contributed by atoms with van der Waals surface area (Å²) in [5.41, 5.74) is 0.589. The van der Waals surface area contributed by atoms with Crippen LogP contribution < -0.4 is 10.9 Å². The lowest BCUT2D eigenvalue weighted by atomic mass is 10.1. The third-order valence-corrected chi connectivity index (χ3v) is 4.53. The van der Waals surface area contributed by atoms with E-state index in [-0.39, 0.29) is 30.0 Å². The molecule has 3 rings (SSSR count). The summed E-state index contributed by atoms with van der Waals surface area (Å²) >= 11 is 0. The highest BCUT2D eigenvalue weighted by atomic mass is 16.5. The summed E-state index contributed by atoms with van der Waals surface area (Å²) in [6, 6.07) is 7.26. The maximum atomic E-state index is 12.6. The zero-order valence-electron chi connectivity index (χ0n) is 14.1. The van der Waals surface area contributed by atoms with Crippen LogP contribution in [-0.2, 0) is 16.1 Å². The van der Waals surface area contributed by atoms with Crippen molar-refractivity contribution in [3.05, 3.63) is 40.4 Å². The van der Waals surface area contributed by atoms with E-state index in [4.69, 9.17) is 4.74 Å². The van der Waals surface area contributed by atoms with E-state index in [9.17, 15) is 9.59 Å². The predicted octanol–water partition coefficient (Wildman–Crippen LogP) is 1.78. The van der Waals surface area contributed by atoms with Crippen LogP contribution in [0.25, 0.3) is 10.9 Å². The summed E-state index contributed by atoms with van der Waals surface area (Å²) in [5, 5.41) is 3.55. The third kappa shape index (κ3) is 3.48. The van der Waals surface area contributed by atoms with Gasteiger partial charge in [-0.05, 0) is 38.8 Å². The molecule has 0 saturated carbocycles. The summed E-state index contributed by atoms with van der Waals surface area (Å²) < 4.78 is 7.15. The molecule has 1 aromatic heterocycles. The zero-order chi connectivity index (χ0) is 17.1. The molecule has 2 atom stereocenters. The average molecular weight is 329 g/mol. The van der Waals surface area contributed by atoms with Gasteiger partial charge in [0.1, 0.15) is 5.82 Å². The molecule has 0 spiro atoms. The van der Waals surface area contributed by atoms with E-state index in [0.717, 1.165) is 19.4 Å². The fourth-order valence-electron chi connectivity index (χ4n) is 3.17. The minimum Gasteiger partial charge on any atom is -0.376 e. The van der Waals surface area contributed by atoms with Crippen molar-refractivity contribution in [2.75, 3.05) is 6.61 Å². The molecule has 1 aliphatic rings. The summed E-state index contributed by atoms with van der Waals surface area (Å²) in [4.78, 5) is 29.2. The van der Waals surface area contributed by atoms with Gasteiger partial charge in [0.2, 0.25) is 5.91 Å². The molecule has 2 aromatic rings. The summed E-state index contributed by atoms with van der Waals surface area (Å²) in [7, 11) is 0. The lowest BCUT2D eigenvalue weighted by Gasteiger charge is -2.20. The number of carbonyl (C=O) groups is 1. The molecule has 128 valence electrons. The molecule has 1 amide bonds. The number of amides is 1. The summed E-state index contributed by atoms with van der Waals surface area (Å²) in [5.74, 6) is 0.552. The Balaban J connectivity index is 1.67. The van der Waals surface area contributed by atoms with E-state index >= 15 is 0 Å². The largest absolute Gasteiger partial charge is 0.376 e. The Hall–Kier alpha value is -2.21. The molecule has 6 heteroatoms. The lowest BCUT2D eigenvalue weighted by Crippen LogP contribution is -2.41. The van der Waals surface area contributed by atoms with Crippen molar-refractivity contribution in [3.8, 4) is 0 Å². The van der Waals surface area contributed by atoms with Crippen molar-refractivity contribution in [2.45, 2.75) is 51.8 Å².